The van der Waals surface area contributed by atoms with Gasteiger partial charge in [-0.25, -0.2) is 4.39 Å². The number of rotatable bonds is 4. The summed E-state index contributed by atoms with van der Waals surface area (Å²) in [4.78, 5) is 11.8. The Bertz CT molecular complexity index is 677. The van der Waals surface area contributed by atoms with E-state index >= 15 is 0 Å². The first-order chi connectivity index (χ1) is 9.95. The number of ether oxygens (including phenoxy) is 1. The van der Waals surface area contributed by atoms with Crippen molar-refractivity contribution in [1.29, 1.82) is 0 Å². The summed E-state index contributed by atoms with van der Waals surface area (Å²) in [6, 6.07) is 9.62. The van der Waals surface area contributed by atoms with Crippen molar-refractivity contribution in [3.8, 4) is 5.75 Å². The number of nitrogens with one attached hydrogen (secondary N) is 1. The Labute approximate surface area is 138 Å². The first kappa shape index (κ1) is 16.0. The van der Waals surface area contributed by atoms with Gasteiger partial charge in [-0.3, -0.25) is 4.79 Å². The van der Waals surface area contributed by atoms with Crippen LogP contribution in [0.25, 0.3) is 0 Å². The third-order valence-electron chi connectivity index (χ3n) is 2.73. The second kappa shape index (κ2) is 7.04. The summed E-state index contributed by atoms with van der Waals surface area (Å²) < 4.78 is 20.2. The van der Waals surface area contributed by atoms with Crippen LogP contribution >= 0.6 is 31.9 Å². The highest BCUT2D eigenvalue weighted by Crippen LogP contribution is 2.28. The Balaban J connectivity index is 1.97. The molecule has 0 radical (unpaired) electrons. The van der Waals surface area contributed by atoms with Crippen LogP contribution in [0, 0.1) is 12.7 Å². The summed E-state index contributed by atoms with van der Waals surface area (Å²) in [7, 11) is 0. The molecule has 1 amide bonds. The van der Waals surface area contributed by atoms with Crippen LogP contribution in [0.5, 0.6) is 5.75 Å². The van der Waals surface area contributed by atoms with Crippen LogP contribution in [0.2, 0.25) is 0 Å². The Morgan fingerprint density at radius 3 is 2.71 bits per heavy atom. The minimum Gasteiger partial charge on any atom is -0.483 e. The van der Waals surface area contributed by atoms with E-state index in [0.717, 1.165) is 14.5 Å². The van der Waals surface area contributed by atoms with Crippen molar-refractivity contribution >= 4 is 43.5 Å². The van der Waals surface area contributed by atoms with Crippen molar-refractivity contribution in [2.75, 3.05) is 11.9 Å². The van der Waals surface area contributed by atoms with Crippen LogP contribution in [-0.4, -0.2) is 12.5 Å². The summed E-state index contributed by atoms with van der Waals surface area (Å²) in [5.74, 6) is -0.185. The molecule has 0 bridgehead atoms. The Morgan fingerprint density at radius 1 is 1.24 bits per heavy atom. The van der Waals surface area contributed by atoms with Crippen molar-refractivity contribution in [3.63, 3.8) is 0 Å². The maximum Gasteiger partial charge on any atom is 0.262 e. The van der Waals surface area contributed by atoms with Gasteiger partial charge in [0.1, 0.15) is 11.6 Å². The van der Waals surface area contributed by atoms with Gasteiger partial charge in [-0.05, 0) is 58.7 Å². The molecule has 1 N–H and O–H groups in total. The fraction of sp³-hybridized carbons (Fsp3) is 0.133. The van der Waals surface area contributed by atoms with Gasteiger partial charge in [-0.15, -0.1) is 0 Å². The Hall–Kier alpha value is -1.40. The Kier molecular flexibility index (Phi) is 5.36. The van der Waals surface area contributed by atoms with E-state index < -0.39 is 5.82 Å². The summed E-state index contributed by atoms with van der Waals surface area (Å²) in [5.41, 5.74) is 1.23. The Morgan fingerprint density at radius 2 is 2.00 bits per heavy atom. The van der Waals surface area contributed by atoms with Crippen molar-refractivity contribution in [3.05, 3.63) is 56.7 Å². The molecule has 0 aliphatic heterocycles. The summed E-state index contributed by atoms with van der Waals surface area (Å²) in [6.45, 7) is 1.64. The predicted octanol–water partition coefficient (Wildman–Crippen LogP) is 4.68. The summed E-state index contributed by atoms with van der Waals surface area (Å²) in [5, 5.41) is 2.62. The molecule has 0 aromatic heterocycles. The molecular weight excluding hydrogens is 405 g/mol. The van der Waals surface area contributed by atoms with Crippen LogP contribution < -0.4 is 10.1 Å². The fourth-order valence-corrected chi connectivity index (χ4v) is 2.81. The van der Waals surface area contributed by atoms with Crippen LogP contribution in [-0.2, 0) is 4.79 Å². The number of amides is 1. The van der Waals surface area contributed by atoms with Crippen LogP contribution in [0.3, 0.4) is 0 Å². The summed E-state index contributed by atoms with van der Waals surface area (Å²) in [6.07, 6.45) is 0. The van der Waals surface area contributed by atoms with E-state index in [0.29, 0.717) is 11.4 Å². The van der Waals surface area contributed by atoms with Gasteiger partial charge in [0.2, 0.25) is 0 Å². The topological polar surface area (TPSA) is 38.3 Å². The normalized spacial score (nSPS) is 10.3. The zero-order valence-corrected chi connectivity index (χ0v) is 14.3. The molecule has 6 heteroatoms. The molecule has 3 nitrogen and oxygen atoms in total. The van der Waals surface area contributed by atoms with Gasteiger partial charge < -0.3 is 10.1 Å². The van der Waals surface area contributed by atoms with Gasteiger partial charge >= 0.3 is 0 Å². The lowest BCUT2D eigenvalue weighted by Gasteiger charge is -2.10. The average molecular weight is 417 g/mol. The van der Waals surface area contributed by atoms with E-state index in [-0.39, 0.29) is 12.5 Å². The van der Waals surface area contributed by atoms with Gasteiger partial charge in [-0.2, -0.15) is 0 Å². The lowest BCUT2D eigenvalue weighted by Crippen LogP contribution is -2.20. The molecule has 110 valence electrons. The minimum absolute atomic E-state index is 0.157. The van der Waals surface area contributed by atoms with E-state index in [2.05, 4.69) is 37.2 Å². The average Bonchev–Trinajstić information content (AvgIpc) is 2.42. The van der Waals surface area contributed by atoms with E-state index in [1.165, 1.54) is 12.1 Å². The largest absolute Gasteiger partial charge is 0.483 e. The standard InChI is InChI=1S/C15H12Br2FNO2/c1-9-2-4-11(18)7-13(9)19-15(20)8-21-14-5-3-10(16)6-12(14)17/h2-7H,8H2,1H3,(H,19,20). The maximum absolute atomic E-state index is 13.1. The van der Waals surface area contributed by atoms with Gasteiger partial charge in [0.15, 0.2) is 6.61 Å². The second-order valence-electron chi connectivity index (χ2n) is 4.37. The van der Waals surface area contributed by atoms with Crippen molar-refractivity contribution < 1.29 is 13.9 Å². The second-order valence-corrected chi connectivity index (χ2v) is 6.14. The predicted molar refractivity (Wildman–Crippen MR) is 87.1 cm³/mol. The third-order valence-corrected chi connectivity index (χ3v) is 3.84. The first-order valence-electron chi connectivity index (χ1n) is 6.09. The highest BCUT2D eigenvalue weighted by molar-refractivity contribution is 9.11. The molecule has 21 heavy (non-hydrogen) atoms. The SMILES string of the molecule is Cc1ccc(F)cc1NC(=O)COc1ccc(Br)cc1Br. The molecule has 2 aromatic rings. The molecule has 0 aliphatic carbocycles. The molecular formula is C15H12Br2FNO2. The van der Waals surface area contributed by atoms with E-state index in [1.807, 2.05) is 12.1 Å². The van der Waals surface area contributed by atoms with E-state index in [9.17, 15) is 9.18 Å². The number of hydrogen-bond acceptors (Lipinski definition) is 2. The van der Waals surface area contributed by atoms with Crippen LogP contribution in [0.1, 0.15) is 5.56 Å². The molecule has 0 atom stereocenters. The van der Waals surface area contributed by atoms with Crippen LogP contribution in [0.4, 0.5) is 10.1 Å². The van der Waals surface area contributed by atoms with E-state index in [1.54, 1.807) is 19.1 Å². The zero-order valence-electron chi connectivity index (χ0n) is 11.1. The van der Waals surface area contributed by atoms with Gasteiger partial charge in [-0.1, -0.05) is 22.0 Å². The number of anilines is 1. The first-order valence-corrected chi connectivity index (χ1v) is 7.68. The molecule has 0 fully saturated rings. The number of carbonyl (C=O) groups excluding carboxylic acids is 1. The maximum atomic E-state index is 13.1. The molecule has 0 saturated heterocycles. The molecule has 0 unspecified atom stereocenters. The number of hydrogen-bond donors (Lipinski definition) is 1. The number of aryl methyl sites for hydroxylation is 1. The molecule has 0 heterocycles. The highest BCUT2D eigenvalue weighted by Gasteiger charge is 2.08. The number of halogens is 3. The minimum atomic E-state index is -0.396. The number of carbonyl (C=O) groups is 1. The van der Waals surface area contributed by atoms with E-state index in [4.69, 9.17) is 4.74 Å². The van der Waals surface area contributed by atoms with Gasteiger partial charge in [0, 0.05) is 10.2 Å². The van der Waals surface area contributed by atoms with Gasteiger partial charge in [0.05, 0.1) is 4.47 Å². The molecule has 0 saturated carbocycles. The highest BCUT2D eigenvalue weighted by atomic mass is 79.9. The zero-order chi connectivity index (χ0) is 15.4. The van der Waals surface area contributed by atoms with Crippen molar-refractivity contribution in [2.24, 2.45) is 0 Å². The molecule has 2 rings (SSSR count). The summed E-state index contributed by atoms with van der Waals surface area (Å²) >= 11 is 6.68. The quantitative estimate of drug-likeness (QED) is 0.785. The number of benzene rings is 2. The molecule has 2 aromatic carbocycles. The smallest absolute Gasteiger partial charge is 0.262 e. The molecule has 0 aliphatic rings. The van der Waals surface area contributed by atoms with Gasteiger partial charge in [0.25, 0.3) is 5.91 Å². The third kappa shape index (κ3) is 4.54. The van der Waals surface area contributed by atoms with Crippen molar-refractivity contribution in [1.82, 2.24) is 0 Å². The molecule has 0 spiro atoms. The fourth-order valence-electron chi connectivity index (χ4n) is 1.65. The monoisotopic (exact) mass is 415 g/mol. The van der Waals surface area contributed by atoms with Crippen molar-refractivity contribution in [2.45, 2.75) is 6.92 Å². The lowest BCUT2D eigenvalue weighted by molar-refractivity contribution is -0.118. The lowest BCUT2D eigenvalue weighted by atomic mass is 10.2. The van der Waals surface area contributed by atoms with Crippen LogP contribution in [0.15, 0.2) is 45.3 Å².